The molecule has 2 unspecified atom stereocenters. The summed E-state index contributed by atoms with van der Waals surface area (Å²) in [5, 5.41) is 4.10. The van der Waals surface area contributed by atoms with Crippen LogP contribution in [0.5, 0.6) is 6.01 Å². The monoisotopic (exact) mass is 525 g/mol. The van der Waals surface area contributed by atoms with Gasteiger partial charge >= 0.3 is 6.01 Å². The van der Waals surface area contributed by atoms with Gasteiger partial charge in [0.2, 0.25) is 0 Å². The van der Waals surface area contributed by atoms with Crippen LogP contribution in [0.25, 0.3) is 32.4 Å². The van der Waals surface area contributed by atoms with Gasteiger partial charge < -0.3 is 30.2 Å². The van der Waals surface area contributed by atoms with E-state index in [4.69, 9.17) is 19.9 Å². The minimum Gasteiger partial charge on any atom is -0.467 e. The molecular formula is C24H24FN7O4S. The minimum absolute atomic E-state index is 0.0181. The summed E-state index contributed by atoms with van der Waals surface area (Å²) in [4.78, 5) is 30.2. The van der Waals surface area contributed by atoms with Crippen molar-refractivity contribution in [2.24, 2.45) is 0 Å². The van der Waals surface area contributed by atoms with E-state index < -0.39 is 5.82 Å². The molecule has 7 rings (SSSR count). The minimum atomic E-state index is -0.409. The average molecular weight is 526 g/mol. The van der Waals surface area contributed by atoms with E-state index in [1.807, 2.05) is 6.07 Å². The van der Waals surface area contributed by atoms with Crippen molar-refractivity contribution in [3.05, 3.63) is 34.4 Å². The first kappa shape index (κ1) is 22.8. The number of fused-ring (bicyclic) bond motifs is 4. The second-order valence-electron chi connectivity index (χ2n) is 9.43. The van der Waals surface area contributed by atoms with E-state index in [1.54, 1.807) is 10.6 Å². The second kappa shape index (κ2) is 8.58. The van der Waals surface area contributed by atoms with Gasteiger partial charge in [-0.1, -0.05) is 11.3 Å². The quantitative estimate of drug-likeness (QED) is 0.405. The lowest BCUT2D eigenvalue weighted by molar-refractivity contribution is -0.0238. The lowest BCUT2D eigenvalue weighted by Crippen LogP contribution is -2.64. The molecule has 3 aliphatic rings. The van der Waals surface area contributed by atoms with Crippen LogP contribution in [0.2, 0.25) is 0 Å². The summed E-state index contributed by atoms with van der Waals surface area (Å²) in [5.41, 5.74) is 7.72. The zero-order valence-corrected chi connectivity index (χ0v) is 20.8. The Morgan fingerprint density at radius 2 is 1.84 bits per heavy atom. The Morgan fingerprint density at radius 3 is 2.54 bits per heavy atom. The van der Waals surface area contributed by atoms with Crippen LogP contribution in [0.3, 0.4) is 0 Å². The number of nitrogens with two attached hydrogens (primary N) is 1. The fraction of sp³-hybridized carbons (Fsp3) is 0.417. The maximum atomic E-state index is 14.6. The molecule has 2 bridgehead atoms. The molecule has 0 radical (unpaired) electrons. The second-order valence-corrected chi connectivity index (χ2v) is 10.5. The van der Waals surface area contributed by atoms with Crippen molar-refractivity contribution in [1.82, 2.24) is 24.8 Å². The summed E-state index contributed by atoms with van der Waals surface area (Å²) in [5.74, 6) is 0.128. The average Bonchev–Trinajstić information content (AvgIpc) is 3.26. The van der Waals surface area contributed by atoms with Gasteiger partial charge in [-0.3, -0.25) is 9.36 Å². The molecule has 3 aliphatic heterocycles. The van der Waals surface area contributed by atoms with Crippen LogP contribution in [0, 0.1) is 5.82 Å². The van der Waals surface area contributed by atoms with Crippen molar-refractivity contribution >= 4 is 43.4 Å². The van der Waals surface area contributed by atoms with E-state index in [-0.39, 0.29) is 34.8 Å². The van der Waals surface area contributed by atoms with Gasteiger partial charge in [0.05, 0.1) is 73.1 Å². The number of rotatable bonds is 4. The first-order valence-electron chi connectivity index (χ1n) is 12.0. The number of morpholine rings is 1. The predicted molar refractivity (Wildman–Crippen MR) is 137 cm³/mol. The number of anilines is 2. The lowest BCUT2D eigenvalue weighted by Gasteiger charge is -2.46. The Kier molecular flexibility index (Phi) is 5.29. The number of pyridine rings is 1. The van der Waals surface area contributed by atoms with Gasteiger partial charge in [-0.2, -0.15) is 9.97 Å². The largest absolute Gasteiger partial charge is 0.467 e. The van der Waals surface area contributed by atoms with Crippen LogP contribution < -0.4 is 26.2 Å². The van der Waals surface area contributed by atoms with Gasteiger partial charge in [0.15, 0.2) is 5.13 Å². The molecule has 0 saturated carbocycles. The molecule has 3 aromatic heterocycles. The highest BCUT2D eigenvalue weighted by atomic mass is 32.1. The highest BCUT2D eigenvalue weighted by Crippen LogP contribution is 2.38. The van der Waals surface area contributed by atoms with E-state index in [9.17, 15) is 9.18 Å². The molecule has 192 valence electrons. The summed E-state index contributed by atoms with van der Waals surface area (Å²) >= 11 is 1.08. The number of thiazole rings is 1. The molecule has 0 spiro atoms. The fourth-order valence-electron chi connectivity index (χ4n) is 5.48. The first-order chi connectivity index (χ1) is 18.0. The number of hydrogen-bond donors (Lipinski definition) is 2. The normalized spacial score (nSPS) is 21.9. The number of ether oxygens (including phenoxy) is 3. The van der Waals surface area contributed by atoms with Crippen LogP contribution in [0.1, 0.15) is 6.04 Å². The van der Waals surface area contributed by atoms with Crippen molar-refractivity contribution in [1.29, 1.82) is 0 Å². The van der Waals surface area contributed by atoms with Gasteiger partial charge in [-0.15, -0.1) is 0 Å². The smallest absolute Gasteiger partial charge is 0.318 e. The molecule has 2 atom stereocenters. The number of nitrogens with zero attached hydrogens (tertiary/aromatic N) is 5. The number of methoxy groups -OCH3 is 1. The third-order valence-electron chi connectivity index (χ3n) is 7.23. The Balaban J connectivity index is 1.53. The van der Waals surface area contributed by atoms with Crippen LogP contribution in [-0.4, -0.2) is 78.2 Å². The number of nitrogen functional groups attached to an aromatic ring is 1. The van der Waals surface area contributed by atoms with Crippen molar-refractivity contribution in [2.45, 2.75) is 18.1 Å². The molecule has 13 heteroatoms. The number of aromatic nitrogens is 4. The van der Waals surface area contributed by atoms with Gasteiger partial charge in [-0.25, -0.2) is 9.37 Å². The third kappa shape index (κ3) is 3.49. The molecule has 6 heterocycles. The molecule has 3 N–H and O–H groups in total. The van der Waals surface area contributed by atoms with Crippen molar-refractivity contribution in [3.63, 3.8) is 0 Å². The molecule has 0 amide bonds. The molecular weight excluding hydrogens is 501 g/mol. The van der Waals surface area contributed by atoms with E-state index >= 15 is 0 Å². The van der Waals surface area contributed by atoms with Gasteiger partial charge in [0.1, 0.15) is 17.0 Å². The number of nitrogens with one attached hydrogen (secondary N) is 1. The summed E-state index contributed by atoms with van der Waals surface area (Å²) < 4.78 is 33.4. The Hall–Kier alpha value is -3.39. The zero-order chi connectivity index (χ0) is 25.3. The molecule has 1 aromatic carbocycles. The van der Waals surface area contributed by atoms with E-state index in [0.717, 1.165) is 11.3 Å². The Morgan fingerprint density at radius 1 is 1.11 bits per heavy atom. The van der Waals surface area contributed by atoms with Gasteiger partial charge in [0, 0.05) is 18.7 Å². The standard InChI is InChI=1S/C24H24FN7O4S/c1-34-24-28-16-4-17(14-2-3-15(25)20-19(14)29-23(26)37-20)32(13-9-36-10-13)22(33)18(16)21(30-24)31-11-5-27-6-12(31)8-35-7-11/h2-4,11-13,27H,5-10H2,1H3,(H2,26,29). The van der Waals surface area contributed by atoms with E-state index in [1.165, 1.54) is 13.2 Å². The highest BCUT2D eigenvalue weighted by Gasteiger charge is 2.38. The lowest BCUT2D eigenvalue weighted by atomic mass is 10.0. The van der Waals surface area contributed by atoms with Gasteiger partial charge in [-0.05, 0) is 18.2 Å². The molecule has 3 fully saturated rings. The Labute approximate surface area is 214 Å². The topological polar surface area (TPSA) is 130 Å². The SMILES string of the molecule is COc1nc(N2C3CNCC2COC3)c2c(=O)n(C3COC3)c(-c3ccc(F)c4sc(N)nc34)cc2n1. The maximum absolute atomic E-state index is 14.6. The summed E-state index contributed by atoms with van der Waals surface area (Å²) in [7, 11) is 1.50. The summed E-state index contributed by atoms with van der Waals surface area (Å²) in [6.07, 6.45) is 0. The maximum Gasteiger partial charge on any atom is 0.318 e. The molecule has 37 heavy (non-hydrogen) atoms. The Bertz CT molecular complexity index is 1580. The van der Waals surface area contributed by atoms with Crippen molar-refractivity contribution in [2.75, 3.05) is 57.3 Å². The number of piperazine rings is 1. The molecule has 11 nitrogen and oxygen atoms in total. The summed E-state index contributed by atoms with van der Waals surface area (Å²) in [6, 6.07) is 4.85. The first-order valence-corrected chi connectivity index (χ1v) is 12.9. The van der Waals surface area contributed by atoms with Crippen LogP contribution in [0.4, 0.5) is 15.3 Å². The van der Waals surface area contributed by atoms with Crippen LogP contribution in [0.15, 0.2) is 23.0 Å². The molecule has 4 aromatic rings. The molecule has 3 saturated heterocycles. The van der Waals surface area contributed by atoms with Crippen molar-refractivity contribution in [3.8, 4) is 17.3 Å². The predicted octanol–water partition coefficient (Wildman–Crippen LogP) is 1.55. The van der Waals surface area contributed by atoms with Crippen LogP contribution in [-0.2, 0) is 9.47 Å². The van der Waals surface area contributed by atoms with E-state index in [2.05, 4.69) is 25.2 Å². The van der Waals surface area contributed by atoms with Gasteiger partial charge in [0.25, 0.3) is 5.56 Å². The number of benzene rings is 1. The fourth-order valence-corrected chi connectivity index (χ4v) is 6.24. The van der Waals surface area contributed by atoms with Crippen molar-refractivity contribution < 1.29 is 18.6 Å². The number of hydrogen-bond acceptors (Lipinski definition) is 11. The molecule has 0 aliphatic carbocycles. The summed E-state index contributed by atoms with van der Waals surface area (Å²) in [6.45, 7) is 3.26. The third-order valence-corrected chi connectivity index (χ3v) is 8.12. The van der Waals surface area contributed by atoms with Crippen LogP contribution >= 0.6 is 11.3 Å². The number of halogens is 1. The van der Waals surface area contributed by atoms with E-state index in [0.29, 0.717) is 77.7 Å². The zero-order valence-electron chi connectivity index (χ0n) is 19.9. The highest BCUT2D eigenvalue weighted by molar-refractivity contribution is 7.22.